The molecule has 0 aromatic heterocycles. The minimum absolute atomic E-state index is 0.520. The third kappa shape index (κ3) is 2.91. The van der Waals surface area contributed by atoms with Crippen LogP contribution in [0.15, 0.2) is 24.3 Å². The first-order valence-electron chi connectivity index (χ1n) is 6.57. The van der Waals surface area contributed by atoms with E-state index in [1.165, 1.54) is 6.07 Å². The Kier molecular flexibility index (Phi) is 3.84. The number of hydrogen-bond acceptors (Lipinski definition) is 1. The van der Waals surface area contributed by atoms with E-state index >= 15 is 0 Å². The van der Waals surface area contributed by atoms with E-state index in [1.807, 2.05) is 0 Å². The molecule has 2 rings (SSSR count). The Bertz CT molecular complexity index is 477. The molecule has 0 spiro atoms. The van der Waals surface area contributed by atoms with Crippen LogP contribution in [0, 0.1) is 11.3 Å². The third-order valence-corrected chi connectivity index (χ3v) is 3.91. The van der Waals surface area contributed by atoms with Crippen molar-refractivity contribution in [1.82, 2.24) is 0 Å². The first-order chi connectivity index (χ1) is 8.98. The maximum Gasteiger partial charge on any atom is 0.416 e. The Balaban J connectivity index is 2.41. The fourth-order valence-corrected chi connectivity index (χ4v) is 2.79. The maximum absolute atomic E-state index is 12.8. The van der Waals surface area contributed by atoms with Gasteiger partial charge in [-0.05, 0) is 24.5 Å². The zero-order valence-corrected chi connectivity index (χ0v) is 10.6. The van der Waals surface area contributed by atoms with E-state index in [1.54, 1.807) is 6.07 Å². The summed E-state index contributed by atoms with van der Waals surface area (Å²) in [4.78, 5) is 0. The van der Waals surface area contributed by atoms with Gasteiger partial charge in [-0.1, -0.05) is 43.9 Å². The van der Waals surface area contributed by atoms with Crippen LogP contribution >= 0.6 is 0 Å². The average molecular weight is 267 g/mol. The molecule has 19 heavy (non-hydrogen) atoms. The molecule has 1 aromatic carbocycles. The van der Waals surface area contributed by atoms with E-state index in [0.29, 0.717) is 18.4 Å². The Morgan fingerprint density at radius 1 is 1.05 bits per heavy atom. The summed E-state index contributed by atoms with van der Waals surface area (Å²) in [6, 6.07) is 7.55. The van der Waals surface area contributed by atoms with Crippen LogP contribution in [0.5, 0.6) is 0 Å². The predicted molar refractivity (Wildman–Crippen MR) is 66.4 cm³/mol. The second-order valence-electron chi connectivity index (χ2n) is 5.19. The van der Waals surface area contributed by atoms with Crippen molar-refractivity contribution in [2.24, 2.45) is 0 Å². The van der Waals surface area contributed by atoms with Gasteiger partial charge in [-0.15, -0.1) is 0 Å². The zero-order chi connectivity index (χ0) is 13.9. The molecule has 0 aliphatic heterocycles. The molecule has 0 heterocycles. The number of alkyl halides is 3. The topological polar surface area (TPSA) is 23.8 Å². The molecule has 4 heteroatoms. The lowest BCUT2D eigenvalue weighted by atomic mass is 9.75. The Labute approximate surface area is 111 Å². The van der Waals surface area contributed by atoms with Crippen molar-refractivity contribution in [2.75, 3.05) is 0 Å². The lowest BCUT2D eigenvalue weighted by Crippen LogP contribution is -2.23. The van der Waals surface area contributed by atoms with Crippen LogP contribution in [-0.2, 0) is 11.6 Å². The van der Waals surface area contributed by atoms with Gasteiger partial charge in [0.2, 0.25) is 0 Å². The second-order valence-corrected chi connectivity index (χ2v) is 5.19. The Morgan fingerprint density at radius 2 is 1.68 bits per heavy atom. The SMILES string of the molecule is N#CC1(c2cccc(C(F)(F)F)c2)CCCCCC1. The summed E-state index contributed by atoms with van der Waals surface area (Å²) >= 11 is 0. The molecule has 1 saturated carbocycles. The van der Waals surface area contributed by atoms with Gasteiger partial charge in [-0.3, -0.25) is 0 Å². The summed E-state index contributed by atoms with van der Waals surface area (Å²) in [5.41, 5.74) is -0.881. The van der Waals surface area contributed by atoms with Gasteiger partial charge in [0.25, 0.3) is 0 Å². The minimum atomic E-state index is -4.35. The van der Waals surface area contributed by atoms with E-state index in [2.05, 4.69) is 6.07 Å². The monoisotopic (exact) mass is 267 g/mol. The lowest BCUT2D eigenvalue weighted by molar-refractivity contribution is -0.137. The Hall–Kier alpha value is -1.50. The number of rotatable bonds is 1. The second kappa shape index (κ2) is 5.24. The number of nitrogens with zero attached hydrogens (tertiary/aromatic N) is 1. The van der Waals surface area contributed by atoms with E-state index < -0.39 is 17.2 Å². The standard InChI is InChI=1S/C15H16F3N/c16-15(17,18)13-7-5-6-12(10-13)14(11-19)8-3-1-2-4-9-14/h5-7,10H,1-4,8-9H2. The van der Waals surface area contributed by atoms with Crippen LogP contribution in [0.3, 0.4) is 0 Å². The normalized spacial score (nSPS) is 19.5. The van der Waals surface area contributed by atoms with Gasteiger partial charge < -0.3 is 0 Å². The van der Waals surface area contributed by atoms with Gasteiger partial charge in [0.1, 0.15) is 0 Å². The van der Waals surface area contributed by atoms with Gasteiger partial charge in [0.05, 0.1) is 17.0 Å². The summed E-state index contributed by atoms with van der Waals surface area (Å²) in [7, 11) is 0. The van der Waals surface area contributed by atoms with Crippen molar-refractivity contribution in [1.29, 1.82) is 5.26 Å². The van der Waals surface area contributed by atoms with Crippen LogP contribution in [0.4, 0.5) is 13.2 Å². The van der Waals surface area contributed by atoms with Crippen LogP contribution in [-0.4, -0.2) is 0 Å². The summed E-state index contributed by atoms with van der Waals surface area (Å²) in [6.45, 7) is 0. The average Bonchev–Trinajstić information content (AvgIpc) is 2.64. The fourth-order valence-electron chi connectivity index (χ4n) is 2.79. The first kappa shape index (κ1) is 13.9. The van der Waals surface area contributed by atoms with Crippen LogP contribution in [0.25, 0.3) is 0 Å². The van der Waals surface area contributed by atoms with E-state index in [-0.39, 0.29) is 0 Å². The molecule has 1 aliphatic carbocycles. The van der Waals surface area contributed by atoms with Crippen LogP contribution in [0.2, 0.25) is 0 Å². The maximum atomic E-state index is 12.8. The number of hydrogen-bond donors (Lipinski definition) is 0. The molecule has 1 fully saturated rings. The highest BCUT2D eigenvalue weighted by Crippen LogP contribution is 2.40. The largest absolute Gasteiger partial charge is 0.416 e. The van der Waals surface area contributed by atoms with Gasteiger partial charge in [0, 0.05) is 0 Å². The summed E-state index contributed by atoms with van der Waals surface area (Å²) in [6.07, 6.45) is 0.894. The molecule has 0 saturated heterocycles. The van der Waals surface area contributed by atoms with E-state index in [4.69, 9.17) is 0 Å². The van der Waals surface area contributed by atoms with Gasteiger partial charge in [0.15, 0.2) is 0 Å². The van der Waals surface area contributed by atoms with Gasteiger partial charge in [-0.2, -0.15) is 18.4 Å². The summed E-state index contributed by atoms with van der Waals surface area (Å²) in [5, 5.41) is 9.48. The third-order valence-electron chi connectivity index (χ3n) is 3.91. The van der Waals surface area contributed by atoms with Crippen LogP contribution in [0.1, 0.15) is 49.7 Å². The Morgan fingerprint density at radius 3 is 2.21 bits per heavy atom. The highest BCUT2D eigenvalue weighted by atomic mass is 19.4. The molecule has 0 unspecified atom stereocenters. The number of benzene rings is 1. The zero-order valence-electron chi connectivity index (χ0n) is 10.6. The highest BCUT2D eigenvalue weighted by Gasteiger charge is 2.36. The first-order valence-corrected chi connectivity index (χ1v) is 6.57. The van der Waals surface area contributed by atoms with Gasteiger partial charge >= 0.3 is 6.18 Å². The van der Waals surface area contributed by atoms with Crippen molar-refractivity contribution in [3.63, 3.8) is 0 Å². The smallest absolute Gasteiger partial charge is 0.197 e. The summed E-state index contributed by atoms with van der Waals surface area (Å²) in [5.74, 6) is 0. The predicted octanol–water partition coefficient (Wildman–Crippen LogP) is 4.82. The van der Waals surface area contributed by atoms with E-state index in [9.17, 15) is 18.4 Å². The molecule has 0 bridgehead atoms. The molecule has 1 nitrogen and oxygen atoms in total. The number of halogens is 3. The fraction of sp³-hybridized carbons (Fsp3) is 0.533. The molecule has 0 amide bonds. The van der Waals surface area contributed by atoms with Crippen LogP contribution < -0.4 is 0 Å². The molecule has 0 N–H and O–H groups in total. The molecule has 102 valence electrons. The molecule has 0 atom stereocenters. The molecular weight excluding hydrogens is 251 g/mol. The van der Waals surface area contributed by atoms with Crippen molar-refractivity contribution in [2.45, 2.75) is 50.1 Å². The quantitative estimate of drug-likeness (QED) is 0.669. The molecule has 1 aliphatic rings. The molecule has 1 aromatic rings. The lowest BCUT2D eigenvalue weighted by Gasteiger charge is -2.26. The van der Waals surface area contributed by atoms with Crippen molar-refractivity contribution >= 4 is 0 Å². The van der Waals surface area contributed by atoms with Crippen molar-refractivity contribution in [3.05, 3.63) is 35.4 Å². The minimum Gasteiger partial charge on any atom is -0.197 e. The molecular formula is C15H16F3N. The number of nitriles is 1. The van der Waals surface area contributed by atoms with Crippen molar-refractivity contribution < 1.29 is 13.2 Å². The molecule has 0 radical (unpaired) electrons. The van der Waals surface area contributed by atoms with Crippen molar-refractivity contribution in [3.8, 4) is 6.07 Å². The highest BCUT2D eigenvalue weighted by molar-refractivity contribution is 5.36. The summed E-state index contributed by atoms with van der Waals surface area (Å²) < 4.78 is 38.3. The van der Waals surface area contributed by atoms with E-state index in [0.717, 1.165) is 37.8 Å². The van der Waals surface area contributed by atoms with Gasteiger partial charge in [-0.25, -0.2) is 0 Å².